The van der Waals surface area contributed by atoms with Crippen molar-refractivity contribution in [3.63, 3.8) is 0 Å². The van der Waals surface area contributed by atoms with Gasteiger partial charge in [0.15, 0.2) is 10.6 Å². The Balaban J connectivity index is 2.04. The lowest BCUT2D eigenvalue weighted by molar-refractivity contribution is -0.387. The van der Waals surface area contributed by atoms with E-state index < -0.39 is 47.3 Å². The summed E-state index contributed by atoms with van der Waals surface area (Å²) in [6.07, 6.45) is -3.43. The molecule has 30 heavy (non-hydrogen) atoms. The Hall–Kier alpha value is -2.08. The third-order valence-electron chi connectivity index (χ3n) is 4.36. The van der Waals surface area contributed by atoms with E-state index in [2.05, 4.69) is 0 Å². The number of sulfonamides is 1. The molecule has 1 aliphatic rings. The third kappa shape index (κ3) is 4.48. The van der Waals surface area contributed by atoms with Crippen LogP contribution in [0.2, 0.25) is 10.0 Å². The molecule has 0 saturated carbocycles. The number of rotatable bonds is 5. The monoisotopic (exact) mass is 484 g/mol. The van der Waals surface area contributed by atoms with Crippen LogP contribution in [0.15, 0.2) is 35.2 Å². The number of hydrogen-bond donors (Lipinski definition) is 0. The average Bonchev–Trinajstić information content (AvgIpc) is 3.19. The predicted octanol–water partition coefficient (Wildman–Crippen LogP) is 5.50. The number of nitrogens with zero attached hydrogens (tertiary/aromatic N) is 2. The Bertz CT molecular complexity index is 1080. The van der Waals surface area contributed by atoms with Crippen LogP contribution >= 0.6 is 23.2 Å². The van der Waals surface area contributed by atoms with E-state index in [1.54, 1.807) is 0 Å². The van der Waals surface area contributed by atoms with Crippen LogP contribution in [0.4, 0.5) is 18.9 Å². The minimum atomic E-state index is -4.68. The first-order valence-electron chi connectivity index (χ1n) is 8.44. The number of nitro benzene ring substituents is 1. The molecule has 0 amide bonds. The van der Waals surface area contributed by atoms with Crippen molar-refractivity contribution in [2.45, 2.75) is 23.9 Å². The highest BCUT2D eigenvalue weighted by Gasteiger charge is 2.35. The Labute approximate surface area is 179 Å². The molecule has 2 aromatic carbocycles. The maximum absolute atomic E-state index is 12.9. The highest BCUT2D eigenvalue weighted by atomic mass is 35.5. The van der Waals surface area contributed by atoms with Crippen LogP contribution in [0.5, 0.6) is 11.5 Å². The van der Waals surface area contributed by atoms with Gasteiger partial charge >= 0.3 is 6.18 Å². The first kappa shape index (κ1) is 22.6. The number of ether oxygens (including phenoxy) is 1. The number of alkyl halides is 3. The van der Waals surface area contributed by atoms with Crippen molar-refractivity contribution >= 4 is 38.9 Å². The van der Waals surface area contributed by atoms with Gasteiger partial charge in [-0.05, 0) is 31.0 Å². The summed E-state index contributed by atoms with van der Waals surface area (Å²) in [6.45, 7) is 0.447. The third-order valence-corrected chi connectivity index (χ3v) is 6.85. The van der Waals surface area contributed by atoms with Crippen molar-refractivity contribution in [3.8, 4) is 11.5 Å². The summed E-state index contributed by atoms with van der Waals surface area (Å²) in [6, 6.07) is 4.18. The Morgan fingerprint density at radius 3 is 2.13 bits per heavy atom. The molecule has 1 heterocycles. The molecule has 0 N–H and O–H groups in total. The van der Waals surface area contributed by atoms with E-state index in [0.29, 0.717) is 25.0 Å². The maximum Gasteiger partial charge on any atom is 0.416 e. The molecule has 1 aliphatic heterocycles. The smallest absolute Gasteiger partial charge is 0.416 e. The molecule has 162 valence electrons. The van der Waals surface area contributed by atoms with E-state index in [-0.39, 0.29) is 24.6 Å². The van der Waals surface area contributed by atoms with Crippen molar-refractivity contribution in [2.75, 3.05) is 13.1 Å². The van der Waals surface area contributed by atoms with Gasteiger partial charge in [-0.1, -0.05) is 23.2 Å². The van der Waals surface area contributed by atoms with E-state index in [9.17, 15) is 31.7 Å². The zero-order valence-electron chi connectivity index (χ0n) is 14.9. The minimum Gasteiger partial charge on any atom is -0.454 e. The molecule has 13 heteroatoms. The summed E-state index contributed by atoms with van der Waals surface area (Å²) >= 11 is 11.7. The van der Waals surface area contributed by atoms with E-state index in [1.165, 1.54) is 0 Å². The zero-order valence-corrected chi connectivity index (χ0v) is 17.3. The lowest BCUT2D eigenvalue weighted by Gasteiger charge is -2.17. The Kier molecular flexibility index (Phi) is 6.19. The quantitative estimate of drug-likeness (QED) is 0.412. The van der Waals surface area contributed by atoms with Crippen LogP contribution < -0.4 is 4.74 Å². The van der Waals surface area contributed by atoms with E-state index in [4.69, 9.17) is 27.9 Å². The normalized spacial score (nSPS) is 15.4. The second-order valence-electron chi connectivity index (χ2n) is 6.37. The minimum absolute atomic E-state index is 0.193. The van der Waals surface area contributed by atoms with Crippen LogP contribution in [0.1, 0.15) is 18.4 Å². The zero-order chi connectivity index (χ0) is 22.3. The number of benzene rings is 2. The molecule has 0 bridgehead atoms. The highest BCUT2D eigenvalue weighted by molar-refractivity contribution is 7.89. The van der Waals surface area contributed by atoms with Gasteiger partial charge in [0.2, 0.25) is 10.0 Å². The molecular formula is C17H13Cl2F3N2O5S. The topological polar surface area (TPSA) is 89.7 Å². The van der Waals surface area contributed by atoms with Gasteiger partial charge in [0.25, 0.3) is 5.69 Å². The fraction of sp³-hybridized carbons (Fsp3) is 0.294. The highest BCUT2D eigenvalue weighted by Crippen LogP contribution is 2.42. The molecule has 7 nitrogen and oxygen atoms in total. The summed E-state index contributed by atoms with van der Waals surface area (Å²) in [5, 5.41) is 10.4. The van der Waals surface area contributed by atoms with Gasteiger partial charge in [-0.3, -0.25) is 10.1 Å². The number of halogens is 5. The fourth-order valence-corrected chi connectivity index (χ4v) is 5.18. The van der Waals surface area contributed by atoms with Gasteiger partial charge in [0.05, 0.1) is 20.5 Å². The van der Waals surface area contributed by atoms with Crippen LogP contribution in [-0.4, -0.2) is 30.7 Å². The summed E-state index contributed by atoms with van der Waals surface area (Å²) in [5.41, 5.74) is -1.75. The molecule has 0 aliphatic carbocycles. The van der Waals surface area contributed by atoms with Crippen molar-refractivity contribution < 1.29 is 31.2 Å². The van der Waals surface area contributed by atoms with Gasteiger partial charge in [-0.25, -0.2) is 8.42 Å². The van der Waals surface area contributed by atoms with Gasteiger partial charge < -0.3 is 4.74 Å². The van der Waals surface area contributed by atoms with Crippen LogP contribution in [0.3, 0.4) is 0 Å². The van der Waals surface area contributed by atoms with Crippen molar-refractivity contribution in [1.82, 2.24) is 4.31 Å². The van der Waals surface area contributed by atoms with E-state index in [1.807, 2.05) is 0 Å². The lowest BCUT2D eigenvalue weighted by Crippen LogP contribution is -2.28. The molecule has 1 saturated heterocycles. The van der Waals surface area contributed by atoms with Crippen molar-refractivity contribution in [3.05, 3.63) is 56.1 Å². The van der Waals surface area contributed by atoms with Crippen molar-refractivity contribution in [1.29, 1.82) is 0 Å². The maximum atomic E-state index is 12.9. The molecule has 0 aromatic heterocycles. The number of nitro groups is 1. The van der Waals surface area contributed by atoms with Crippen LogP contribution in [-0.2, 0) is 16.2 Å². The summed E-state index contributed by atoms with van der Waals surface area (Å²) in [7, 11) is -4.18. The summed E-state index contributed by atoms with van der Waals surface area (Å²) in [5.74, 6) is -0.536. The molecule has 3 rings (SSSR count). The average molecular weight is 485 g/mol. The molecule has 1 fully saturated rings. The second kappa shape index (κ2) is 8.22. The van der Waals surface area contributed by atoms with Gasteiger partial charge in [-0.2, -0.15) is 17.5 Å². The lowest BCUT2D eigenvalue weighted by atomic mass is 10.2. The largest absolute Gasteiger partial charge is 0.454 e. The molecule has 0 radical (unpaired) electrons. The first-order valence-corrected chi connectivity index (χ1v) is 10.6. The Morgan fingerprint density at radius 2 is 1.63 bits per heavy atom. The van der Waals surface area contributed by atoms with Crippen molar-refractivity contribution in [2.24, 2.45) is 0 Å². The summed E-state index contributed by atoms with van der Waals surface area (Å²) in [4.78, 5) is 9.89. The van der Waals surface area contributed by atoms with Gasteiger partial charge in [0.1, 0.15) is 5.75 Å². The molecular weight excluding hydrogens is 472 g/mol. The standard InChI is InChI=1S/C17H13Cl2F3N2O5S/c18-12-7-10(17(20,21)22)8-13(19)16(12)29-11-3-4-14(24(25)26)15(9-11)30(27,28)23-5-1-2-6-23/h3-4,7-9H,1-2,5-6H2. The Morgan fingerprint density at radius 1 is 1.07 bits per heavy atom. The van der Waals surface area contributed by atoms with Gasteiger partial charge in [0, 0.05) is 25.2 Å². The molecule has 0 atom stereocenters. The van der Waals surface area contributed by atoms with Crippen LogP contribution in [0, 0.1) is 10.1 Å². The second-order valence-corrected chi connectivity index (χ2v) is 9.09. The van der Waals surface area contributed by atoms with E-state index in [0.717, 1.165) is 22.5 Å². The SMILES string of the molecule is O=[N+]([O-])c1ccc(Oc2c(Cl)cc(C(F)(F)F)cc2Cl)cc1S(=O)(=O)N1CCCC1. The summed E-state index contributed by atoms with van der Waals surface area (Å²) < 4.78 is 70.8. The fourth-order valence-electron chi connectivity index (χ4n) is 2.92. The van der Waals surface area contributed by atoms with Gasteiger partial charge in [-0.15, -0.1) is 0 Å². The first-order chi connectivity index (χ1) is 13.9. The molecule has 2 aromatic rings. The molecule has 0 unspecified atom stereocenters. The van der Waals surface area contributed by atoms with E-state index >= 15 is 0 Å². The predicted molar refractivity (Wildman–Crippen MR) is 103 cm³/mol. The molecule has 0 spiro atoms. The van der Waals surface area contributed by atoms with Crippen LogP contribution in [0.25, 0.3) is 0 Å². The number of hydrogen-bond acceptors (Lipinski definition) is 5.